The van der Waals surface area contributed by atoms with E-state index >= 15 is 0 Å². The monoisotopic (exact) mass is 194 g/mol. The fraction of sp³-hybridized carbons (Fsp3) is 0.500. The Morgan fingerprint density at radius 3 is 2.36 bits per heavy atom. The second-order valence-corrected chi connectivity index (χ2v) is 3.19. The number of aromatic nitrogens is 2. The summed E-state index contributed by atoms with van der Waals surface area (Å²) in [7, 11) is 0. The van der Waals surface area contributed by atoms with Crippen LogP contribution in [-0.4, -0.2) is 28.0 Å². The fourth-order valence-electron chi connectivity index (χ4n) is 1.49. The molecule has 0 amide bonds. The summed E-state index contributed by atoms with van der Waals surface area (Å²) in [5, 5.41) is 10.3. The molecule has 74 valence electrons. The van der Waals surface area contributed by atoms with Crippen LogP contribution < -0.4 is 4.90 Å². The van der Waals surface area contributed by atoms with Crippen LogP contribution in [0.15, 0.2) is 12.4 Å². The van der Waals surface area contributed by atoms with E-state index in [-0.39, 0.29) is 5.69 Å². The van der Waals surface area contributed by atoms with Crippen molar-refractivity contribution in [3.8, 4) is 0 Å². The average molecular weight is 194 g/mol. The van der Waals surface area contributed by atoms with Crippen LogP contribution in [-0.2, 0) is 0 Å². The molecule has 1 aliphatic heterocycles. The highest BCUT2D eigenvalue weighted by molar-refractivity contribution is 5.34. The topological polar surface area (TPSA) is 72.2 Å². The minimum atomic E-state index is -0.492. The van der Waals surface area contributed by atoms with Crippen LogP contribution in [0.2, 0.25) is 0 Å². The summed E-state index contributed by atoms with van der Waals surface area (Å²) in [5.41, 5.74) is -0.0621. The fourth-order valence-corrected chi connectivity index (χ4v) is 1.49. The van der Waals surface area contributed by atoms with Crippen LogP contribution in [0, 0.1) is 10.1 Å². The van der Waals surface area contributed by atoms with Crippen molar-refractivity contribution in [3.05, 3.63) is 22.5 Å². The summed E-state index contributed by atoms with van der Waals surface area (Å²) in [6.45, 7) is 1.88. The van der Waals surface area contributed by atoms with Crippen molar-refractivity contribution in [2.24, 2.45) is 0 Å². The lowest BCUT2D eigenvalue weighted by Gasteiger charge is -2.13. The van der Waals surface area contributed by atoms with Gasteiger partial charge in [0, 0.05) is 13.1 Å². The van der Waals surface area contributed by atoms with Gasteiger partial charge in [-0.3, -0.25) is 10.1 Å². The minimum Gasteiger partial charge on any atom is -0.341 e. The number of hydrogen-bond donors (Lipinski definition) is 0. The normalized spacial score (nSPS) is 15.9. The SMILES string of the molecule is O=[N+]([O-])c1cnc(N2CCCC2)nc1. The highest BCUT2D eigenvalue weighted by Crippen LogP contribution is 2.16. The van der Waals surface area contributed by atoms with Gasteiger partial charge in [0.1, 0.15) is 12.4 Å². The van der Waals surface area contributed by atoms with Gasteiger partial charge in [-0.05, 0) is 12.8 Å². The van der Waals surface area contributed by atoms with Crippen molar-refractivity contribution >= 4 is 11.6 Å². The van der Waals surface area contributed by atoms with Crippen LogP contribution in [0.25, 0.3) is 0 Å². The first kappa shape index (κ1) is 8.86. The third-order valence-electron chi connectivity index (χ3n) is 2.22. The molecule has 1 fully saturated rings. The van der Waals surface area contributed by atoms with Gasteiger partial charge in [0.25, 0.3) is 0 Å². The molecule has 0 N–H and O–H groups in total. The Hall–Kier alpha value is -1.72. The number of nitrogens with zero attached hydrogens (tertiary/aromatic N) is 4. The molecule has 1 saturated heterocycles. The predicted octanol–water partition coefficient (Wildman–Crippen LogP) is 0.985. The van der Waals surface area contributed by atoms with E-state index in [1.54, 1.807) is 0 Å². The maximum absolute atomic E-state index is 10.3. The van der Waals surface area contributed by atoms with E-state index in [0.717, 1.165) is 25.9 Å². The molecule has 0 aromatic carbocycles. The molecule has 6 nitrogen and oxygen atoms in total. The molecule has 0 spiro atoms. The van der Waals surface area contributed by atoms with Crippen molar-refractivity contribution in [2.75, 3.05) is 18.0 Å². The number of anilines is 1. The molecule has 0 radical (unpaired) electrons. The number of hydrogen-bond acceptors (Lipinski definition) is 5. The largest absolute Gasteiger partial charge is 0.341 e. The van der Waals surface area contributed by atoms with Gasteiger partial charge >= 0.3 is 5.69 Å². The van der Waals surface area contributed by atoms with Crippen LogP contribution >= 0.6 is 0 Å². The van der Waals surface area contributed by atoms with Gasteiger partial charge in [0.15, 0.2) is 0 Å². The molecule has 0 unspecified atom stereocenters. The smallest absolute Gasteiger partial charge is 0.305 e. The summed E-state index contributed by atoms with van der Waals surface area (Å²) < 4.78 is 0. The summed E-state index contributed by atoms with van der Waals surface area (Å²) in [5.74, 6) is 0.591. The second kappa shape index (κ2) is 3.57. The zero-order valence-corrected chi connectivity index (χ0v) is 7.59. The average Bonchev–Trinajstić information content (AvgIpc) is 2.71. The van der Waals surface area contributed by atoms with E-state index in [4.69, 9.17) is 0 Å². The highest BCUT2D eigenvalue weighted by atomic mass is 16.6. The van der Waals surface area contributed by atoms with Gasteiger partial charge in [0.2, 0.25) is 5.95 Å². The quantitative estimate of drug-likeness (QED) is 0.518. The lowest BCUT2D eigenvalue weighted by Crippen LogP contribution is -2.20. The minimum absolute atomic E-state index is 0.0621. The molecule has 2 rings (SSSR count). The summed E-state index contributed by atoms with van der Waals surface area (Å²) >= 11 is 0. The predicted molar refractivity (Wildman–Crippen MR) is 50.1 cm³/mol. The van der Waals surface area contributed by atoms with E-state index in [2.05, 4.69) is 9.97 Å². The summed E-state index contributed by atoms with van der Waals surface area (Å²) in [6.07, 6.45) is 4.78. The molecule has 0 aliphatic carbocycles. The van der Waals surface area contributed by atoms with Crippen molar-refractivity contribution in [3.63, 3.8) is 0 Å². The highest BCUT2D eigenvalue weighted by Gasteiger charge is 2.15. The van der Waals surface area contributed by atoms with Crippen molar-refractivity contribution in [2.45, 2.75) is 12.8 Å². The lowest BCUT2D eigenvalue weighted by molar-refractivity contribution is -0.385. The first-order chi connectivity index (χ1) is 6.77. The first-order valence-corrected chi connectivity index (χ1v) is 4.49. The summed E-state index contributed by atoms with van der Waals surface area (Å²) in [4.78, 5) is 19.8. The Kier molecular flexibility index (Phi) is 2.26. The first-order valence-electron chi connectivity index (χ1n) is 4.49. The Labute approximate surface area is 80.7 Å². The third-order valence-corrected chi connectivity index (χ3v) is 2.22. The Bertz CT molecular complexity index is 332. The van der Waals surface area contributed by atoms with Crippen LogP contribution in [0.3, 0.4) is 0 Å². The second-order valence-electron chi connectivity index (χ2n) is 3.19. The van der Waals surface area contributed by atoms with Crippen LogP contribution in [0.1, 0.15) is 12.8 Å². The van der Waals surface area contributed by atoms with E-state index in [1.165, 1.54) is 12.4 Å². The molecule has 0 atom stereocenters. The van der Waals surface area contributed by atoms with Crippen molar-refractivity contribution < 1.29 is 4.92 Å². The Balaban J connectivity index is 2.16. The molecule has 1 aliphatic rings. The van der Waals surface area contributed by atoms with Crippen molar-refractivity contribution in [1.82, 2.24) is 9.97 Å². The maximum Gasteiger partial charge on any atom is 0.305 e. The molecule has 1 aromatic heterocycles. The lowest BCUT2D eigenvalue weighted by atomic mass is 10.4. The molecule has 6 heteroatoms. The Morgan fingerprint density at radius 1 is 1.29 bits per heavy atom. The molecule has 0 saturated carbocycles. The van der Waals surface area contributed by atoms with Crippen molar-refractivity contribution in [1.29, 1.82) is 0 Å². The molecule has 0 bridgehead atoms. The van der Waals surface area contributed by atoms with Gasteiger partial charge in [0.05, 0.1) is 4.92 Å². The van der Waals surface area contributed by atoms with Crippen LogP contribution in [0.5, 0.6) is 0 Å². The van der Waals surface area contributed by atoms with Gasteiger partial charge in [-0.2, -0.15) is 0 Å². The molecular weight excluding hydrogens is 184 g/mol. The molecule has 2 heterocycles. The number of nitro groups is 1. The molecule has 1 aromatic rings. The van der Waals surface area contributed by atoms with E-state index in [1.807, 2.05) is 4.90 Å². The van der Waals surface area contributed by atoms with Crippen LogP contribution in [0.4, 0.5) is 11.6 Å². The Morgan fingerprint density at radius 2 is 1.86 bits per heavy atom. The molecule has 14 heavy (non-hydrogen) atoms. The van der Waals surface area contributed by atoms with E-state index in [9.17, 15) is 10.1 Å². The van der Waals surface area contributed by atoms with E-state index < -0.39 is 4.92 Å². The standard InChI is InChI=1S/C8H10N4O2/c13-12(14)7-5-9-8(10-6-7)11-3-1-2-4-11/h5-6H,1-4H2. The zero-order valence-electron chi connectivity index (χ0n) is 7.59. The maximum atomic E-state index is 10.3. The third kappa shape index (κ3) is 1.63. The van der Waals surface area contributed by atoms with Gasteiger partial charge < -0.3 is 4.90 Å². The zero-order chi connectivity index (χ0) is 9.97. The van der Waals surface area contributed by atoms with Gasteiger partial charge in [-0.25, -0.2) is 9.97 Å². The van der Waals surface area contributed by atoms with Gasteiger partial charge in [-0.15, -0.1) is 0 Å². The van der Waals surface area contributed by atoms with E-state index in [0.29, 0.717) is 5.95 Å². The summed E-state index contributed by atoms with van der Waals surface area (Å²) in [6, 6.07) is 0. The number of rotatable bonds is 2. The molecular formula is C8H10N4O2. The van der Waals surface area contributed by atoms with Gasteiger partial charge in [-0.1, -0.05) is 0 Å².